The monoisotopic (exact) mass is 127 g/mol. The highest BCUT2D eigenvalue weighted by atomic mass is 16.1. The first kappa shape index (κ1) is 6.22. The molecule has 1 unspecified atom stereocenters. The molecule has 1 amide bonds. The highest BCUT2D eigenvalue weighted by Crippen LogP contribution is 1.92. The van der Waals surface area contributed by atoms with Crippen LogP contribution in [-0.4, -0.2) is 25.3 Å². The Morgan fingerprint density at radius 3 is 3.00 bits per heavy atom. The van der Waals surface area contributed by atoms with Gasteiger partial charge in [0.1, 0.15) is 0 Å². The zero-order valence-corrected chi connectivity index (χ0v) is 5.00. The molecule has 1 atom stereocenters. The molecule has 0 aromatic heterocycles. The van der Waals surface area contributed by atoms with Gasteiger partial charge in [0.05, 0.1) is 12.6 Å². The number of nitrogens with one attached hydrogen (secondary N) is 1. The van der Waals surface area contributed by atoms with Crippen LogP contribution < -0.4 is 11.1 Å². The Kier molecular flexibility index (Phi) is 1.79. The SMILES string of the molecule is NC(=O)C1C=NCNC1. The first-order valence-corrected chi connectivity index (χ1v) is 2.80. The molecule has 0 aliphatic carbocycles. The molecule has 1 aliphatic heterocycles. The average molecular weight is 127 g/mol. The van der Waals surface area contributed by atoms with Crippen LogP contribution in [0, 0.1) is 5.92 Å². The van der Waals surface area contributed by atoms with Crippen LogP contribution in [0.15, 0.2) is 4.99 Å². The number of amides is 1. The number of hydrogen-bond acceptors (Lipinski definition) is 3. The van der Waals surface area contributed by atoms with Gasteiger partial charge in [0.15, 0.2) is 0 Å². The molecule has 50 valence electrons. The number of hydrogen-bond donors (Lipinski definition) is 2. The second-order valence-corrected chi connectivity index (χ2v) is 1.95. The molecule has 4 heteroatoms. The van der Waals surface area contributed by atoms with E-state index in [-0.39, 0.29) is 11.8 Å². The third-order valence-corrected chi connectivity index (χ3v) is 1.22. The maximum absolute atomic E-state index is 10.4. The van der Waals surface area contributed by atoms with Crippen molar-refractivity contribution in [3.05, 3.63) is 0 Å². The lowest BCUT2D eigenvalue weighted by Crippen LogP contribution is -2.37. The van der Waals surface area contributed by atoms with Crippen LogP contribution in [0.3, 0.4) is 0 Å². The Morgan fingerprint density at radius 2 is 2.67 bits per heavy atom. The molecular formula is C5H9N3O. The van der Waals surface area contributed by atoms with E-state index in [2.05, 4.69) is 10.3 Å². The lowest BCUT2D eigenvalue weighted by molar-refractivity contribution is -0.119. The number of rotatable bonds is 1. The summed E-state index contributed by atoms with van der Waals surface area (Å²) in [5.74, 6) is -0.523. The topological polar surface area (TPSA) is 67.5 Å². The molecular weight excluding hydrogens is 118 g/mol. The molecule has 0 bridgehead atoms. The molecule has 1 aliphatic rings. The van der Waals surface area contributed by atoms with Crippen molar-refractivity contribution in [3.8, 4) is 0 Å². The van der Waals surface area contributed by atoms with Gasteiger partial charge in [-0.25, -0.2) is 0 Å². The van der Waals surface area contributed by atoms with Gasteiger partial charge in [0.25, 0.3) is 0 Å². The molecule has 0 spiro atoms. The van der Waals surface area contributed by atoms with E-state index in [9.17, 15) is 4.79 Å². The van der Waals surface area contributed by atoms with Crippen LogP contribution in [0.1, 0.15) is 0 Å². The second kappa shape index (κ2) is 2.59. The van der Waals surface area contributed by atoms with Crippen LogP contribution in [0.4, 0.5) is 0 Å². The molecule has 3 N–H and O–H groups in total. The minimum Gasteiger partial charge on any atom is -0.369 e. The number of nitrogens with zero attached hydrogens (tertiary/aromatic N) is 1. The highest BCUT2D eigenvalue weighted by molar-refractivity contribution is 5.92. The lowest BCUT2D eigenvalue weighted by atomic mass is 10.1. The fourth-order valence-electron chi connectivity index (χ4n) is 0.691. The van der Waals surface area contributed by atoms with E-state index in [0.717, 1.165) is 0 Å². The third-order valence-electron chi connectivity index (χ3n) is 1.22. The second-order valence-electron chi connectivity index (χ2n) is 1.95. The van der Waals surface area contributed by atoms with Crippen molar-refractivity contribution in [2.75, 3.05) is 13.2 Å². The molecule has 0 fully saturated rings. The van der Waals surface area contributed by atoms with Crippen molar-refractivity contribution in [3.63, 3.8) is 0 Å². The molecule has 1 heterocycles. The summed E-state index contributed by atoms with van der Waals surface area (Å²) in [6.45, 7) is 1.22. The molecule has 9 heavy (non-hydrogen) atoms. The third kappa shape index (κ3) is 1.50. The van der Waals surface area contributed by atoms with Crippen molar-refractivity contribution >= 4 is 12.1 Å². The lowest BCUT2D eigenvalue weighted by Gasteiger charge is -2.12. The normalized spacial score (nSPS) is 26.0. The van der Waals surface area contributed by atoms with Crippen molar-refractivity contribution < 1.29 is 4.79 Å². The summed E-state index contributed by atoms with van der Waals surface area (Å²) < 4.78 is 0. The Bertz CT molecular complexity index is 143. The Labute approximate surface area is 53.1 Å². The molecule has 4 nitrogen and oxygen atoms in total. The smallest absolute Gasteiger partial charge is 0.227 e. The van der Waals surface area contributed by atoms with E-state index < -0.39 is 0 Å². The van der Waals surface area contributed by atoms with Gasteiger partial charge in [-0.15, -0.1) is 0 Å². The largest absolute Gasteiger partial charge is 0.369 e. The van der Waals surface area contributed by atoms with Crippen molar-refractivity contribution in [1.82, 2.24) is 5.32 Å². The Hall–Kier alpha value is -0.900. The fraction of sp³-hybridized carbons (Fsp3) is 0.600. The highest BCUT2D eigenvalue weighted by Gasteiger charge is 2.13. The van der Waals surface area contributed by atoms with Crippen LogP contribution in [-0.2, 0) is 4.79 Å². The van der Waals surface area contributed by atoms with Gasteiger partial charge in [-0.05, 0) is 0 Å². The van der Waals surface area contributed by atoms with Gasteiger partial charge in [0.2, 0.25) is 5.91 Å². The number of carbonyl (C=O) groups is 1. The maximum Gasteiger partial charge on any atom is 0.227 e. The van der Waals surface area contributed by atoms with Gasteiger partial charge in [-0.1, -0.05) is 0 Å². The van der Waals surface area contributed by atoms with Crippen molar-refractivity contribution in [2.45, 2.75) is 0 Å². The zero-order chi connectivity index (χ0) is 6.69. The minimum absolute atomic E-state index is 0.209. The summed E-state index contributed by atoms with van der Waals surface area (Å²) >= 11 is 0. The van der Waals surface area contributed by atoms with Gasteiger partial charge >= 0.3 is 0 Å². The van der Waals surface area contributed by atoms with Crippen LogP contribution in [0.5, 0.6) is 0 Å². The van der Waals surface area contributed by atoms with Crippen LogP contribution in [0.25, 0.3) is 0 Å². The molecule has 1 rings (SSSR count). The van der Waals surface area contributed by atoms with Crippen molar-refractivity contribution in [1.29, 1.82) is 0 Å². The molecule has 0 saturated heterocycles. The molecule has 0 saturated carbocycles. The number of carbonyl (C=O) groups excluding carboxylic acids is 1. The predicted molar refractivity (Wildman–Crippen MR) is 34.0 cm³/mol. The maximum atomic E-state index is 10.4. The zero-order valence-electron chi connectivity index (χ0n) is 5.00. The van der Waals surface area contributed by atoms with Gasteiger partial charge < -0.3 is 5.73 Å². The predicted octanol–water partition coefficient (Wildman–Crippen LogP) is -1.28. The van der Waals surface area contributed by atoms with E-state index >= 15 is 0 Å². The van der Waals surface area contributed by atoms with E-state index in [1.54, 1.807) is 6.21 Å². The fourth-order valence-corrected chi connectivity index (χ4v) is 0.691. The standard InChI is InChI=1S/C5H9N3O/c6-5(9)4-1-7-3-8-2-4/h1,4,8H,2-3H2,(H2,6,9). The van der Waals surface area contributed by atoms with E-state index in [1.165, 1.54) is 0 Å². The van der Waals surface area contributed by atoms with Gasteiger partial charge in [-0.3, -0.25) is 15.1 Å². The summed E-state index contributed by atoms with van der Waals surface area (Å²) in [4.78, 5) is 14.3. The first-order chi connectivity index (χ1) is 4.30. The first-order valence-electron chi connectivity index (χ1n) is 2.80. The van der Waals surface area contributed by atoms with Crippen LogP contribution in [0.2, 0.25) is 0 Å². The summed E-state index contributed by atoms with van der Waals surface area (Å²) in [6, 6.07) is 0. The summed E-state index contributed by atoms with van der Waals surface area (Å²) in [6.07, 6.45) is 1.60. The van der Waals surface area contributed by atoms with Crippen molar-refractivity contribution in [2.24, 2.45) is 16.6 Å². The van der Waals surface area contributed by atoms with Gasteiger partial charge in [0, 0.05) is 12.8 Å². The molecule has 0 aromatic carbocycles. The molecule has 0 radical (unpaired) electrons. The number of aliphatic imine (C=N–C) groups is 1. The van der Waals surface area contributed by atoms with E-state index in [4.69, 9.17) is 5.73 Å². The van der Waals surface area contributed by atoms with Gasteiger partial charge in [-0.2, -0.15) is 0 Å². The Balaban J connectivity index is 2.50. The summed E-state index contributed by atoms with van der Waals surface area (Å²) in [5, 5.41) is 2.92. The van der Waals surface area contributed by atoms with Crippen LogP contribution >= 0.6 is 0 Å². The average Bonchev–Trinajstić information content (AvgIpc) is 1.90. The number of nitrogens with two attached hydrogens (primary N) is 1. The summed E-state index contributed by atoms with van der Waals surface area (Å²) in [5.41, 5.74) is 5.00. The minimum atomic E-state index is -0.314. The summed E-state index contributed by atoms with van der Waals surface area (Å²) in [7, 11) is 0. The quantitative estimate of drug-likeness (QED) is 0.460. The molecule has 0 aromatic rings. The van der Waals surface area contributed by atoms with E-state index in [0.29, 0.717) is 13.2 Å². The van der Waals surface area contributed by atoms with E-state index in [1.807, 2.05) is 0 Å². The Morgan fingerprint density at radius 1 is 1.89 bits per heavy atom. The number of primary amides is 1.